The molecule has 0 radical (unpaired) electrons. The first-order chi connectivity index (χ1) is 7.27. The van der Waals surface area contributed by atoms with Crippen molar-refractivity contribution in [2.75, 3.05) is 13.7 Å². The molecule has 1 unspecified atom stereocenters. The quantitative estimate of drug-likeness (QED) is 0.687. The van der Waals surface area contributed by atoms with E-state index in [9.17, 15) is 0 Å². The van der Waals surface area contributed by atoms with Gasteiger partial charge >= 0.3 is 0 Å². The van der Waals surface area contributed by atoms with E-state index in [0.717, 1.165) is 17.9 Å². The Hall–Kier alpha value is -1.06. The van der Waals surface area contributed by atoms with Crippen molar-refractivity contribution in [2.45, 2.75) is 12.5 Å². The first kappa shape index (κ1) is 12.0. The summed E-state index contributed by atoms with van der Waals surface area (Å²) in [5, 5.41) is 0. The van der Waals surface area contributed by atoms with Crippen LogP contribution in [-0.2, 0) is 4.74 Å². The van der Waals surface area contributed by atoms with Crippen LogP contribution in [0.4, 0.5) is 0 Å². The van der Waals surface area contributed by atoms with Gasteiger partial charge in [0.2, 0.25) is 9.76 Å². The van der Waals surface area contributed by atoms with E-state index < -0.39 is 9.76 Å². The smallest absolute Gasteiger partial charge is 0.224 e. The van der Waals surface area contributed by atoms with Crippen LogP contribution >= 0.6 is 0 Å². The lowest BCUT2D eigenvalue weighted by atomic mass is 10.2. The molecule has 1 atom stereocenters. The van der Waals surface area contributed by atoms with Gasteiger partial charge in [0.25, 0.3) is 0 Å². The van der Waals surface area contributed by atoms with Gasteiger partial charge in [-0.1, -0.05) is 37.8 Å². The highest BCUT2D eigenvalue weighted by Crippen LogP contribution is 2.19. The van der Waals surface area contributed by atoms with Crippen molar-refractivity contribution in [3.8, 4) is 5.75 Å². The summed E-state index contributed by atoms with van der Waals surface area (Å²) >= 11 is 0. The van der Waals surface area contributed by atoms with E-state index >= 15 is 0 Å². The van der Waals surface area contributed by atoms with Gasteiger partial charge in [-0.25, -0.2) is 0 Å². The molecule has 0 saturated carbocycles. The summed E-state index contributed by atoms with van der Waals surface area (Å²) in [6.07, 6.45) is 1.82. The fourth-order valence-corrected chi connectivity index (χ4v) is 2.40. The van der Waals surface area contributed by atoms with Gasteiger partial charge in [-0.15, -0.1) is 0 Å². The van der Waals surface area contributed by atoms with Crippen LogP contribution in [0, 0.1) is 0 Å². The molecule has 1 rings (SSSR count). The average molecular weight is 222 g/mol. The monoisotopic (exact) mass is 222 g/mol. The second-order valence-electron chi connectivity index (χ2n) is 3.61. The highest BCUT2D eigenvalue weighted by atomic mass is 28.2. The second-order valence-corrected chi connectivity index (χ2v) is 5.63. The molecule has 0 fully saturated rings. The summed E-state index contributed by atoms with van der Waals surface area (Å²) in [6.45, 7) is 6.70. The van der Waals surface area contributed by atoms with E-state index in [1.165, 1.54) is 0 Å². The molecule has 0 aromatic heterocycles. The number of para-hydroxylation sites is 1. The maximum absolute atomic E-state index is 5.83. The molecule has 0 saturated heterocycles. The molecule has 15 heavy (non-hydrogen) atoms. The lowest BCUT2D eigenvalue weighted by Crippen LogP contribution is -2.13. The third-order valence-electron chi connectivity index (χ3n) is 2.11. The molecule has 0 spiro atoms. The summed E-state index contributed by atoms with van der Waals surface area (Å²) in [5.41, 5.74) is 1.60. The molecular weight excluding hydrogens is 204 g/mol. The highest BCUT2D eigenvalue weighted by Gasteiger charge is 2.05. The zero-order valence-electron chi connectivity index (χ0n) is 9.40. The molecule has 1 aromatic rings. The van der Waals surface area contributed by atoms with E-state index in [-0.39, 0.29) is 0 Å². The third-order valence-corrected chi connectivity index (χ3v) is 3.40. The number of rotatable bonds is 6. The van der Waals surface area contributed by atoms with Gasteiger partial charge in [-0.2, -0.15) is 0 Å². The molecule has 2 nitrogen and oxygen atoms in total. The first-order valence-electron chi connectivity index (χ1n) is 5.11. The number of hydrogen-bond acceptors (Lipinski definition) is 2. The minimum absolute atomic E-state index is 0.535. The number of ether oxygens (including phenoxy) is 1. The second kappa shape index (κ2) is 6.43. The van der Waals surface area contributed by atoms with Crippen molar-refractivity contribution < 1.29 is 9.16 Å². The molecule has 0 bridgehead atoms. The molecule has 1 aromatic carbocycles. The van der Waals surface area contributed by atoms with Crippen molar-refractivity contribution in [3.63, 3.8) is 0 Å². The standard InChI is InChI=1S/C12H18O2Si/c1-4-11-7-5-6-8-12(11)14-15-10(2)9-13-3/h4-8,10H,1,9,15H2,2-3H3. The summed E-state index contributed by atoms with van der Waals surface area (Å²) in [4.78, 5) is 0. The number of benzene rings is 1. The molecule has 82 valence electrons. The van der Waals surface area contributed by atoms with Crippen LogP contribution in [0.1, 0.15) is 12.5 Å². The van der Waals surface area contributed by atoms with Gasteiger partial charge in [0.15, 0.2) is 0 Å². The SMILES string of the molecule is C=Cc1ccccc1O[SiH2]C(C)COC. The van der Waals surface area contributed by atoms with Crippen molar-refractivity contribution in [2.24, 2.45) is 0 Å². The Bertz CT molecular complexity index is 312. The summed E-state index contributed by atoms with van der Waals surface area (Å²) in [6, 6.07) is 7.98. The molecule has 0 amide bonds. The summed E-state index contributed by atoms with van der Waals surface area (Å²) < 4.78 is 10.9. The molecule has 0 heterocycles. The van der Waals surface area contributed by atoms with Gasteiger partial charge in [-0.05, 0) is 6.07 Å². The van der Waals surface area contributed by atoms with E-state index in [2.05, 4.69) is 13.5 Å². The van der Waals surface area contributed by atoms with Crippen LogP contribution in [-0.4, -0.2) is 23.5 Å². The predicted molar refractivity (Wildman–Crippen MR) is 67.0 cm³/mol. The van der Waals surface area contributed by atoms with Crippen molar-refractivity contribution in [3.05, 3.63) is 36.4 Å². The Morgan fingerprint density at radius 3 is 2.87 bits per heavy atom. The Balaban J connectivity index is 2.53. The van der Waals surface area contributed by atoms with Crippen molar-refractivity contribution >= 4 is 15.8 Å². The highest BCUT2D eigenvalue weighted by molar-refractivity contribution is 6.30. The maximum Gasteiger partial charge on any atom is 0.224 e. The minimum atomic E-state index is -0.577. The Labute approximate surface area is 93.9 Å². The average Bonchev–Trinajstić information content (AvgIpc) is 2.27. The Morgan fingerprint density at radius 1 is 1.47 bits per heavy atom. The normalized spacial score (nSPS) is 12.9. The van der Waals surface area contributed by atoms with Gasteiger partial charge in [-0.3, -0.25) is 0 Å². The fraction of sp³-hybridized carbons (Fsp3) is 0.333. The van der Waals surface area contributed by atoms with Crippen LogP contribution in [0.3, 0.4) is 0 Å². The van der Waals surface area contributed by atoms with E-state index in [0.29, 0.717) is 5.54 Å². The van der Waals surface area contributed by atoms with Gasteiger partial charge in [0.1, 0.15) is 5.75 Å². The van der Waals surface area contributed by atoms with Crippen LogP contribution < -0.4 is 4.43 Å². The lowest BCUT2D eigenvalue weighted by molar-refractivity contribution is 0.196. The van der Waals surface area contributed by atoms with E-state index in [1.54, 1.807) is 7.11 Å². The molecule has 0 N–H and O–H groups in total. The topological polar surface area (TPSA) is 18.5 Å². The molecule has 0 aliphatic heterocycles. The number of hydrogen-bond donors (Lipinski definition) is 0. The summed E-state index contributed by atoms with van der Waals surface area (Å²) in [7, 11) is 1.15. The zero-order chi connectivity index (χ0) is 11.1. The van der Waals surface area contributed by atoms with Crippen LogP contribution in [0.2, 0.25) is 5.54 Å². The Morgan fingerprint density at radius 2 is 2.20 bits per heavy atom. The van der Waals surface area contributed by atoms with E-state index in [4.69, 9.17) is 9.16 Å². The van der Waals surface area contributed by atoms with Crippen LogP contribution in [0.5, 0.6) is 5.75 Å². The van der Waals surface area contributed by atoms with Gasteiger partial charge in [0.05, 0.1) is 0 Å². The van der Waals surface area contributed by atoms with Gasteiger partial charge < -0.3 is 9.16 Å². The molecule has 0 aliphatic rings. The zero-order valence-corrected chi connectivity index (χ0v) is 10.8. The maximum atomic E-state index is 5.83. The summed E-state index contributed by atoms with van der Waals surface area (Å²) in [5.74, 6) is 0.946. The molecular formula is C12H18O2Si. The predicted octanol–water partition coefficient (Wildman–Crippen LogP) is 2.25. The van der Waals surface area contributed by atoms with Crippen LogP contribution in [0.25, 0.3) is 6.08 Å². The van der Waals surface area contributed by atoms with Crippen molar-refractivity contribution in [1.29, 1.82) is 0 Å². The van der Waals surface area contributed by atoms with Crippen molar-refractivity contribution in [1.82, 2.24) is 0 Å². The Kier molecular flexibility index (Phi) is 5.14. The van der Waals surface area contributed by atoms with E-state index in [1.807, 2.05) is 30.3 Å². The third kappa shape index (κ3) is 3.89. The lowest BCUT2D eigenvalue weighted by Gasteiger charge is -2.13. The van der Waals surface area contributed by atoms with Crippen LogP contribution in [0.15, 0.2) is 30.8 Å². The van der Waals surface area contributed by atoms with Gasteiger partial charge in [0, 0.05) is 24.8 Å². The molecule has 0 aliphatic carbocycles. The minimum Gasteiger partial charge on any atom is -0.549 e. The first-order valence-corrected chi connectivity index (χ1v) is 6.50. The fourth-order valence-electron chi connectivity index (χ4n) is 1.35. The number of methoxy groups -OCH3 is 1. The molecule has 3 heteroatoms. The largest absolute Gasteiger partial charge is 0.549 e.